The molecule has 0 spiro atoms. The van der Waals surface area contributed by atoms with E-state index in [1.54, 1.807) is 0 Å². The lowest BCUT2D eigenvalue weighted by Gasteiger charge is -2.03. The van der Waals surface area contributed by atoms with Crippen LogP contribution in [0.15, 0.2) is 8.95 Å². The molecule has 0 unspecified atom stereocenters. The van der Waals surface area contributed by atoms with Gasteiger partial charge in [-0.15, -0.1) is 0 Å². The fourth-order valence-corrected chi connectivity index (χ4v) is 1.89. The molecule has 0 aliphatic carbocycles. The van der Waals surface area contributed by atoms with E-state index in [0.29, 0.717) is 0 Å². The summed E-state index contributed by atoms with van der Waals surface area (Å²) in [7, 11) is 0. The van der Waals surface area contributed by atoms with Gasteiger partial charge < -0.3 is 0 Å². The van der Waals surface area contributed by atoms with Crippen molar-refractivity contribution in [3.8, 4) is 6.07 Å². The molecule has 68 valence electrons. The predicted molar refractivity (Wildman–Crippen MR) is 46.4 cm³/mol. The molecule has 0 fully saturated rings. The van der Waals surface area contributed by atoms with Gasteiger partial charge in [0.1, 0.15) is 6.07 Å². The van der Waals surface area contributed by atoms with Crippen LogP contribution in [0.1, 0.15) is 5.56 Å². The molecule has 1 aromatic rings. The Balaban J connectivity index is 3.69. The lowest BCUT2D eigenvalue weighted by molar-refractivity contribution is 0.440. The Kier molecular flexibility index (Phi) is 2.98. The normalized spacial score (nSPS) is 9.85. The third-order valence-electron chi connectivity index (χ3n) is 1.32. The third kappa shape index (κ3) is 1.58. The van der Waals surface area contributed by atoms with Gasteiger partial charge in [0.05, 0.1) is 14.5 Å². The molecule has 0 radical (unpaired) electrons. The highest BCUT2D eigenvalue weighted by Crippen LogP contribution is 2.32. The van der Waals surface area contributed by atoms with Crippen LogP contribution in [-0.4, -0.2) is 0 Å². The number of hydrogen-bond acceptors (Lipinski definition) is 1. The standard InChI is InChI=1S/C7Br2F3N/c8-3-2(1-13)4(9)6(11)7(12)5(3)10. The van der Waals surface area contributed by atoms with Crippen LogP contribution in [0.4, 0.5) is 13.2 Å². The second-order valence-corrected chi connectivity index (χ2v) is 3.64. The zero-order valence-electron chi connectivity index (χ0n) is 5.84. The highest BCUT2D eigenvalue weighted by Gasteiger charge is 2.21. The van der Waals surface area contributed by atoms with Gasteiger partial charge in [-0.3, -0.25) is 0 Å². The average molecular weight is 315 g/mol. The number of benzene rings is 1. The molecule has 1 aromatic carbocycles. The van der Waals surface area contributed by atoms with Crippen molar-refractivity contribution < 1.29 is 13.2 Å². The van der Waals surface area contributed by atoms with Crippen molar-refractivity contribution in [2.75, 3.05) is 0 Å². The summed E-state index contributed by atoms with van der Waals surface area (Å²) < 4.78 is 37.4. The van der Waals surface area contributed by atoms with Gasteiger partial charge in [0, 0.05) is 0 Å². The van der Waals surface area contributed by atoms with Crippen LogP contribution in [-0.2, 0) is 0 Å². The van der Waals surface area contributed by atoms with Crippen LogP contribution in [0, 0.1) is 28.8 Å². The van der Waals surface area contributed by atoms with E-state index in [1.165, 1.54) is 6.07 Å². The molecule has 0 aliphatic heterocycles. The number of nitrogens with zero attached hydrogens (tertiary/aromatic N) is 1. The molecule has 6 heteroatoms. The first kappa shape index (κ1) is 10.5. The van der Waals surface area contributed by atoms with E-state index < -0.39 is 17.5 Å². The molecule has 13 heavy (non-hydrogen) atoms. The summed E-state index contributed by atoms with van der Waals surface area (Å²) in [4.78, 5) is 0. The number of hydrogen-bond donors (Lipinski definition) is 0. The fourth-order valence-electron chi connectivity index (χ4n) is 0.703. The molecule has 0 heterocycles. The molecule has 0 saturated carbocycles. The van der Waals surface area contributed by atoms with E-state index in [-0.39, 0.29) is 14.5 Å². The number of nitriles is 1. The second kappa shape index (κ2) is 3.68. The van der Waals surface area contributed by atoms with Gasteiger partial charge in [0.25, 0.3) is 0 Å². The molecule has 0 atom stereocenters. The van der Waals surface area contributed by atoms with Crippen LogP contribution < -0.4 is 0 Å². The first-order valence-corrected chi connectivity index (χ1v) is 4.50. The lowest BCUT2D eigenvalue weighted by Crippen LogP contribution is -1.97. The Hall–Kier alpha value is -0.540. The van der Waals surface area contributed by atoms with Gasteiger partial charge in [-0.25, -0.2) is 13.2 Å². The SMILES string of the molecule is N#Cc1c(Br)c(F)c(F)c(F)c1Br. The summed E-state index contributed by atoms with van der Waals surface area (Å²) in [5, 5.41) is 8.47. The topological polar surface area (TPSA) is 23.8 Å². The average Bonchev–Trinajstić information content (AvgIpc) is 2.13. The van der Waals surface area contributed by atoms with Crippen molar-refractivity contribution in [3.63, 3.8) is 0 Å². The fraction of sp³-hybridized carbons (Fsp3) is 0. The summed E-state index contributed by atoms with van der Waals surface area (Å²) >= 11 is 5.28. The molecule has 0 aliphatic rings. The maximum absolute atomic E-state index is 12.8. The van der Waals surface area contributed by atoms with Crippen LogP contribution in [0.3, 0.4) is 0 Å². The molecular weight excluding hydrogens is 315 g/mol. The molecule has 0 saturated heterocycles. The summed E-state index contributed by atoms with van der Waals surface area (Å²) in [6.45, 7) is 0. The Morgan fingerprint density at radius 2 is 1.31 bits per heavy atom. The van der Waals surface area contributed by atoms with Gasteiger partial charge in [-0.2, -0.15) is 5.26 Å². The first-order chi connectivity index (χ1) is 6.00. The van der Waals surface area contributed by atoms with E-state index >= 15 is 0 Å². The van der Waals surface area contributed by atoms with E-state index in [0.717, 1.165) is 0 Å². The van der Waals surface area contributed by atoms with E-state index in [2.05, 4.69) is 31.9 Å². The molecular formula is C7Br2F3N. The van der Waals surface area contributed by atoms with Crippen molar-refractivity contribution in [1.82, 2.24) is 0 Å². The Morgan fingerprint density at radius 3 is 1.62 bits per heavy atom. The Labute approximate surface area is 88.4 Å². The second-order valence-electron chi connectivity index (χ2n) is 2.06. The maximum Gasteiger partial charge on any atom is 0.196 e. The first-order valence-electron chi connectivity index (χ1n) is 2.92. The van der Waals surface area contributed by atoms with Crippen molar-refractivity contribution in [2.24, 2.45) is 0 Å². The molecule has 1 nitrogen and oxygen atoms in total. The number of rotatable bonds is 0. The smallest absolute Gasteiger partial charge is 0.196 e. The minimum atomic E-state index is -1.61. The van der Waals surface area contributed by atoms with Crippen molar-refractivity contribution >= 4 is 31.9 Å². The molecule has 0 aromatic heterocycles. The highest BCUT2D eigenvalue weighted by atomic mass is 79.9. The van der Waals surface area contributed by atoms with Gasteiger partial charge in [0.2, 0.25) is 0 Å². The predicted octanol–water partition coefficient (Wildman–Crippen LogP) is 3.50. The van der Waals surface area contributed by atoms with E-state index in [1.807, 2.05) is 0 Å². The zero-order chi connectivity index (χ0) is 10.2. The lowest BCUT2D eigenvalue weighted by atomic mass is 10.2. The highest BCUT2D eigenvalue weighted by molar-refractivity contribution is 9.11. The van der Waals surface area contributed by atoms with Gasteiger partial charge in [0.15, 0.2) is 17.5 Å². The van der Waals surface area contributed by atoms with Gasteiger partial charge in [-0.1, -0.05) is 0 Å². The van der Waals surface area contributed by atoms with E-state index in [9.17, 15) is 13.2 Å². The van der Waals surface area contributed by atoms with Gasteiger partial charge in [-0.05, 0) is 31.9 Å². The Morgan fingerprint density at radius 1 is 0.923 bits per heavy atom. The van der Waals surface area contributed by atoms with Gasteiger partial charge >= 0.3 is 0 Å². The summed E-state index contributed by atoms with van der Waals surface area (Å²) in [6.07, 6.45) is 0. The quantitative estimate of drug-likeness (QED) is 0.531. The number of halogens is 5. The molecule has 0 N–H and O–H groups in total. The van der Waals surface area contributed by atoms with Crippen molar-refractivity contribution in [2.45, 2.75) is 0 Å². The maximum atomic E-state index is 12.8. The monoisotopic (exact) mass is 313 g/mol. The summed E-state index contributed by atoms with van der Waals surface area (Å²) in [5.74, 6) is -4.42. The molecule has 0 amide bonds. The Bertz CT molecular complexity index is 382. The van der Waals surface area contributed by atoms with E-state index in [4.69, 9.17) is 5.26 Å². The van der Waals surface area contributed by atoms with Crippen molar-refractivity contribution in [1.29, 1.82) is 5.26 Å². The van der Waals surface area contributed by atoms with Crippen LogP contribution in [0.25, 0.3) is 0 Å². The van der Waals surface area contributed by atoms with Crippen LogP contribution in [0.2, 0.25) is 0 Å². The third-order valence-corrected chi connectivity index (χ3v) is 2.81. The van der Waals surface area contributed by atoms with Crippen molar-refractivity contribution in [3.05, 3.63) is 32.0 Å². The van der Waals surface area contributed by atoms with Crippen LogP contribution >= 0.6 is 31.9 Å². The molecule has 0 bridgehead atoms. The minimum Gasteiger partial charge on any atom is -0.202 e. The van der Waals surface area contributed by atoms with Crippen LogP contribution in [0.5, 0.6) is 0 Å². The summed E-state index contributed by atoms with van der Waals surface area (Å²) in [6, 6.07) is 1.53. The summed E-state index contributed by atoms with van der Waals surface area (Å²) in [5.41, 5.74) is -0.309. The zero-order valence-corrected chi connectivity index (χ0v) is 9.01. The minimum absolute atomic E-state index is 0.309. The largest absolute Gasteiger partial charge is 0.202 e. The molecule has 1 rings (SSSR count).